The number of nitrogens with one attached hydrogen (secondary N) is 1. The second-order valence-electron chi connectivity index (χ2n) is 6.87. The van der Waals surface area contributed by atoms with Crippen LogP contribution in [0.2, 0.25) is 5.02 Å². The molecule has 2 heterocycles. The second-order valence-corrected chi connectivity index (χ2v) is 7.31. The van der Waals surface area contributed by atoms with E-state index in [9.17, 15) is 4.79 Å². The van der Waals surface area contributed by atoms with Crippen molar-refractivity contribution in [2.24, 2.45) is 5.10 Å². The average molecular weight is 388 g/mol. The first kappa shape index (κ1) is 19.6. The molecule has 0 saturated heterocycles. The summed E-state index contributed by atoms with van der Waals surface area (Å²) in [5, 5.41) is 10.3. The molecule has 0 aliphatic carbocycles. The molecular formula is C21H26ClN3O2. The van der Waals surface area contributed by atoms with Crippen molar-refractivity contribution in [1.29, 1.82) is 0 Å². The Morgan fingerprint density at radius 2 is 2.00 bits per heavy atom. The normalized spacial score (nSPS) is 18.0. The minimum atomic E-state index is -0.319. The maximum absolute atomic E-state index is 13.1. The van der Waals surface area contributed by atoms with Crippen molar-refractivity contribution < 1.29 is 9.21 Å². The quantitative estimate of drug-likeness (QED) is 0.743. The van der Waals surface area contributed by atoms with Gasteiger partial charge in [-0.05, 0) is 49.6 Å². The molecule has 0 spiro atoms. The molecule has 1 aliphatic heterocycles. The van der Waals surface area contributed by atoms with Crippen molar-refractivity contribution in [2.75, 3.05) is 0 Å². The van der Waals surface area contributed by atoms with E-state index in [4.69, 9.17) is 16.0 Å². The number of nitrogens with zero attached hydrogens (tertiary/aromatic N) is 2. The number of halogens is 1. The zero-order valence-electron chi connectivity index (χ0n) is 16.0. The van der Waals surface area contributed by atoms with Crippen LogP contribution in [0.4, 0.5) is 0 Å². The Bertz CT molecular complexity index is 782. The molecule has 27 heavy (non-hydrogen) atoms. The fourth-order valence-electron chi connectivity index (χ4n) is 3.38. The van der Waals surface area contributed by atoms with Gasteiger partial charge >= 0.3 is 0 Å². The van der Waals surface area contributed by atoms with Gasteiger partial charge < -0.3 is 9.73 Å². The number of rotatable bonds is 7. The smallest absolute Gasteiger partial charge is 0.260 e. The van der Waals surface area contributed by atoms with Crippen molar-refractivity contribution in [3.8, 4) is 0 Å². The van der Waals surface area contributed by atoms with Crippen molar-refractivity contribution in [3.63, 3.8) is 0 Å². The lowest BCUT2D eigenvalue weighted by Gasteiger charge is -2.26. The van der Waals surface area contributed by atoms with E-state index >= 15 is 0 Å². The molecule has 0 radical (unpaired) electrons. The maximum atomic E-state index is 13.1. The van der Waals surface area contributed by atoms with E-state index in [1.54, 1.807) is 11.3 Å². The summed E-state index contributed by atoms with van der Waals surface area (Å²) in [5.74, 6) is 0.693. The molecule has 1 aliphatic rings. The standard InChI is InChI=1S/C21H26ClN3O2/c1-4-17(5-2)23-14(3)21(26)25-19(20-7-6-12-27-20)13-18(24-25)15-8-10-16(22)11-9-15/h6-12,14,17,19,23H,4-5,13H2,1-3H3. The summed E-state index contributed by atoms with van der Waals surface area (Å²) in [6.07, 6.45) is 4.20. The Morgan fingerprint density at radius 1 is 1.30 bits per heavy atom. The van der Waals surface area contributed by atoms with Crippen molar-refractivity contribution in [1.82, 2.24) is 10.3 Å². The molecule has 1 aromatic heterocycles. The topological polar surface area (TPSA) is 57.8 Å². The van der Waals surface area contributed by atoms with Gasteiger partial charge in [-0.1, -0.05) is 37.6 Å². The molecular weight excluding hydrogens is 362 g/mol. The summed E-state index contributed by atoms with van der Waals surface area (Å²) >= 11 is 6.00. The Kier molecular flexibility index (Phi) is 6.34. The van der Waals surface area contributed by atoms with Gasteiger partial charge in [0.2, 0.25) is 0 Å². The van der Waals surface area contributed by atoms with Crippen LogP contribution in [-0.2, 0) is 4.79 Å². The van der Waals surface area contributed by atoms with Gasteiger partial charge in [0, 0.05) is 17.5 Å². The molecule has 144 valence electrons. The third-order valence-corrected chi connectivity index (χ3v) is 5.28. The average Bonchev–Trinajstić information content (AvgIpc) is 3.35. The predicted molar refractivity (Wildman–Crippen MR) is 108 cm³/mol. The maximum Gasteiger partial charge on any atom is 0.260 e. The summed E-state index contributed by atoms with van der Waals surface area (Å²) in [4.78, 5) is 13.1. The first-order chi connectivity index (χ1) is 13.0. The molecule has 1 amide bonds. The van der Waals surface area contributed by atoms with E-state index in [2.05, 4.69) is 24.3 Å². The van der Waals surface area contributed by atoms with E-state index < -0.39 is 0 Å². The number of benzene rings is 1. The summed E-state index contributed by atoms with van der Waals surface area (Å²) in [7, 11) is 0. The number of hydrogen-bond acceptors (Lipinski definition) is 4. The van der Waals surface area contributed by atoms with Crippen LogP contribution >= 0.6 is 11.6 Å². The highest BCUT2D eigenvalue weighted by molar-refractivity contribution is 6.30. The van der Waals surface area contributed by atoms with Gasteiger partial charge in [0.1, 0.15) is 11.8 Å². The molecule has 2 atom stereocenters. The van der Waals surface area contributed by atoms with E-state index in [1.165, 1.54) is 0 Å². The predicted octanol–water partition coefficient (Wildman–Crippen LogP) is 4.78. The van der Waals surface area contributed by atoms with Crippen LogP contribution in [0.25, 0.3) is 0 Å². The Morgan fingerprint density at radius 3 is 2.59 bits per heavy atom. The summed E-state index contributed by atoms with van der Waals surface area (Å²) in [5.41, 5.74) is 1.82. The monoisotopic (exact) mass is 387 g/mol. The largest absolute Gasteiger partial charge is 0.467 e. The molecule has 2 unspecified atom stereocenters. The Hall–Kier alpha value is -2.11. The highest BCUT2D eigenvalue weighted by Crippen LogP contribution is 2.33. The molecule has 3 rings (SSSR count). The number of carbonyl (C=O) groups excluding carboxylic acids is 1. The van der Waals surface area contributed by atoms with E-state index in [-0.39, 0.29) is 18.0 Å². The van der Waals surface area contributed by atoms with Crippen LogP contribution < -0.4 is 5.32 Å². The Labute approximate surface area is 165 Å². The lowest BCUT2D eigenvalue weighted by atomic mass is 10.0. The number of furan rings is 1. The minimum Gasteiger partial charge on any atom is -0.467 e. The van der Waals surface area contributed by atoms with Crippen LogP contribution in [0.1, 0.15) is 57.4 Å². The third-order valence-electron chi connectivity index (χ3n) is 5.03. The lowest BCUT2D eigenvalue weighted by Crippen LogP contribution is -2.46. The van der Waals surface area contributed by atoms with Crippen LogP contribution in [-0.4, -0.2) is 28.7 Å². The van der Waals surface area contributed by atoms with Crippen LogP contribution in [0.5, 0.6) is 0 Å². The Balaban J connectivity index is 1.85. The van der Waals surface area contributed by atoms with Gasteiger partial charge in [-0.2, -0.15) is 5.10 Å². The van der Waals surface area contributed by atoms with Crippen LogP contribution in [0, 0.1) is 0 Å². The summed E-state index contributed by atoms with van der Waals surface area (Å²) in [6, 6.07) is 11.0. The van der Waals surface area contributed by atoms with Gasteiger partial charge in [0.15, 0.2) is 0 Å². The third kappa shape index (κ3) is 4.42. The molecule has 0 bridgehead atoms. The first-order valence-corrected chi connectivity index (χ1v) is 9.87. The van der Waals surface area contributed by atoms with Gasteiger partial charge in [-0.25, -0.2) is 5.01 Å². The molecule has 6 heteroatoms. The molecule has 5 nitrogen and oxygen atoms in total. The van der Waals surface area contributed by atoms with E-state index in [0.29, 0.717) is 17.5 Å². The summed E-state index contributed by atoms with van der Waals surface area (Å²) in [6.45, 7) is 6.14. The van der Waals surface area contributed by atoms with Crippen LogP contribution in [0.15, 0.2) is 52.2 Å². The van der Waals surface area contributed by atoms with Gasteiger partial charge in [-0.15, -0.1) is 0 Å². The zero-order valence-corrected chi connectivity index (χ0v) is 16.7. The van der Waals surface area contributed by atoms with Gasteiger partial charge in [0.25, 0.3) is 5.91 Å². The number of hydrazone groups is 1. The minimum absolute atomic E-state index is 0.0488. The highest BCUT2D eigenvalue weighted by Gasteiger charge is 2.36. The molecule has 1 aromatic carbocycles. The van der Waals surface area contributed by atoms with Crippen molar-refractivity contribution in [3.05, 3.63) is 59.0 Å². The van der Waals surface area contributed by atoms with E-state index in [1.807, 2.05) is 43.3 Å². The SMILES string of the molecule is CCC(CC)NC(C)C(=O)N1N=C(c2ccc(Cl)cc2)CC1c1ccco1. The van der Waals surface area contributed by atoms with Crippen LogP contribution in [0.3, 0.4) is 0 Å². The number of hydrogen-bond donors (Lipinski definition) is 1. The van der Waals surface area contributed by atoms with Crippen molar-refractivity contribution in [2.45, 2.75) is 58.2 Å². The zero-order chi connectivity index (χ0) is 19.4. The molecule has 0 saturated carbocycles. The molecule has 0 fully saturated rings. The highest BCUT2D eigenvalue weighted by atomic mass is 35.5. The number of amides is 1. The summed E-state index contributed by atoms with van der Waals surface area (Å²) < 4.78 is 5.60. The lowest BCUT2D eigenvalue weighted by molar-refractivity contribution is -0.135. The molecule has 1 N–H and O–H groups in total. The van der Waals surface area contributed by atoms with Gasteiger partial charge in [0.05, 0.1) is 18.0 Å². The van der Waals surface area contributed by atoms with Crippen molar-refractivity contribution >= 4 is 23.2 Å². The molecule has 2 aromatic rings. The fourth-order valence-corrected chi connectivity index (χ4v) is 3.51. The van der Waals surface area contributed by atoms with E-state index in [0.717, 1.165) is 29.9 Å². The number of carbonyl (C=O) groups is 1. The second kappa shape index (κ2) is 8.72. The fraction of sp³-hybridized carbons (Fsp3) is 0.429. The first-order valence-electron chi connectivity index (χ1n) is 9.49. The van der Waals surface area contributed by atoms with Gasteiger partial charge in [-0.3, -0.25) is 4.79 Å².